The van der Waals surface area contributed by atoms with E-state index in [-0.39, 0.29) is 18.8 Å². The summed E-state index contributed by atoms with van der Waals surface area (Å²) >= 11 is 0. The minimum absolute atomic E-state index is 0.00374. The van der Waals surface area contributed by atoms with Gasteiger partial charge in [-0.3, -0.25) is 4.79 Å². The lowest BCUT2D eigenvalue weighted by Gasteiger charge is -2.40. The van der Waals surface area contributed by atoms with Crippen LogP contribution in [0.25, 0.3) is 0 Å². The van der Waals surface area contributed by atoms with Crippen LogP contribution in [0.4, 0.5) is 0 Å². The summed E-state index contributed by atoms with van der Waals surface area (Å²) < 4.78 is 11.0. The molecule has 0 radical (unpaired) electrons. The smallest absolute Gasteiger partial charge is 0.229 e. The second kappa shape index (κ2) is 9.45. The van der Waals surface area contributed by atoms with E-state index in [1.165, 1.54) is 6.07 Å². The lowest BCUT2D eigenvalue weighted by atomic mass is 9.92. The lowest BCUT2D eigenvalue weighted by molar-refractivity contribution is -0.268. The molecule has 8 nitrogen and oxygen atoms in total. The van der Waals surface area contributed by atoms with Crippen LogP contribution in [-0.4, -0.2) is 68.1 Å². The van der Waals surface area contributed by atoms with Crippen LogP contribution in [0.5, 0.6) is 5.75 Å². The van der Waals surface area contributed by atoms with Gasteiger partial charge in [-0.1, -0.05) is 48.5 Å². The molecule has 1 unspecified atom stereocenters. The fraction of sp³-hybridized carbons (Fsp3) is 0.381. The Morgan fingerprint density at radius 1 is 0.966 bits per heavy atom. The fourth-order valence-electron chi connectivity index (χ4n) is 3.18. The second-order valence-corrected chi connectivity index (χ2v) is 6.89. The largest absolute Gasteiger partial charge is 0.462 e. The van der Waals surface area contributed by atoms with Crippen LogP contribution in [0.15, 0.2) is 54.6 Å². The first kappa shape index (κ1) is 21.4. The van der Waals surface area contributed by atoms with Gasteiger partial charge in [-0.15, -0.1) is 0 Å². The highest BCUT2D eigenvalue weighted by molar-refractivity contribution is 5.88. The molecule has 0 spiro atoms. The topological polar surface area (TPSA) is 137 Å². The molecule has 8 heteroatoms. The minimum Gasteiger partial charge on any atom is -0.462 e. The summed E-state index contributed by atoms with van der Waals surface area (Å²) in [5, 5.41) is 50.3. The molecule has 1 saturated heterocycles. The van der Waals surface area contributed by atoms with Crippen molar-refractivity contribution in [2.75, 3.05) is 0 Å². The molecular formula is C21H24O8. The number of ketones is 1. The number of Topliss-reactive ketones (excluding diaryl/α,β-unsaturated/α-hetero) is 1. The van der Waals surface area contributed by atoms with Gasteiger partial charge in [-0.2, -0.15) is 0 Å². The van der Waals surface area contributed by atoms with Crippen molar-refractivity contribution >= 4 is 5.78 Å². The number of benzene rings is 2. The zero-order valence-electron chi connectivity index (χ0n) is 15.5. The molecule has 29 heavy (non-hydrogen) atoms. The third kappa shape index (κ3) is 4.81. The summed E-state index contributed by atoms with van der Waals surface area (Å²) in [6.45, 7) is -0.331. The average Bonchev–Trinajstić information content (AvgIpc) is 2.74. The average molecular weight is 404 g/mol. The first-order chi connectivity index (χ1) is 13.9. The van der Waals surface area contributed by atoms with Gasteiger partial charge in [0.1, 0.15) is 30.2 Å². The molecule has 0 aromatic heterocycles. The SMILES string of the molecule is O=C(C(O)Cc1ccccc1)[C@H]1O[C@H](Oc2ccccc2CO)[C@H](O)[C@@H](O)[C@@H]1O. The molecule has 1 fully saturated rings. The number of aliphatic hydroxyl groups excluding tert-OH is 5. The van der Waals surface area contributed by atoms with Crippen LogP contribution in [0.2, 0.25) is 0 Å². The Labute approximate surface area is 167 Å². The summed E-state index contributed by atoms with van der Waals surface area (Å²) in [5.41, 5.74) is 1.12. The molecule has 2 aromatic carbocycles. The Kier molecular flexibility index (Phi) is 6.96. The van der Waals surface area contributed by atoms with Gasteiger partial charge in [-0.05, 0) is 11.6 Å². The standard InChI is InChI=1S/C21H24O8/c22-11-13-8-4-5-9-15(13)28-21-19(27)17(25)18(26)20(29-21)16(24)14(23)10-12-6-2-1-3-7-12/h1-9,14,17-23,25-27H,10-11H2/t14?,17-,18-,19+,20+,21-/m0/s1. The fourth-order valence-corrected chi connectivity index (χ4v) is 3.18. The van der Waals surface area contributed by atoms with Gasteiger partial charge in [0.25, 0.3) is 0 Å². The predicted molar refractivity (Wildman–Crippen MR) is 101 cm³/mol. The van der Waals surface area contributed by atoms with E-state index < -0.39 is 42.6 Å². The molecule has 0 amide bonds. The Morgan fingerprint density at radius 3 is 2.31 bits per heavy atom. The second-order valence-electron chi connectivity index (χ2n) is 6.89. The van der Waals surface area contributed by atoms with Gasteiger partial charge in [0, 0.05) is 12.0 Å². The third-order valence-corrected chi connectivity index (χ3v) is 4.84. The Bertz CT molecular complexity index is 811. The zero-order valence-corrected chi connectivity index (χ0v) is 15.5. The van der Waals surface area contributed by atoms with Gasteiger partial charge in [0.2, 0.25) is 6.29 Å². The number of ether oxygens (including phenoxy) is 2. The van der Waals surface area contributed by atoms with Crippen molar-refractivity contribution in [2.45, 2.75) is 49.8 Å². The van der Waals surface area contributed by atoms with Crippen molar-refractivity contribution in [1.29, 1.82) is 0 Å². The van der Waals surface area contributed by atoms with Crippen molar-refractivity contribution in [3.05, 3.63) is 65.7 Å². The zero-order chi connectivity index (χ0) is 21.0. The minimum atomic E-state index is -1.74. The van der Waals surface area contributed by atoms with Crippen LogP contribution in [0.3, 0.4) is 0 Å². The van der Waals surface area contributed by atoms with Gasteiger partial charge in [-0.25, -0.2) is 0 Å². The maximum atomic E-state index is 12.7. The molecular weight excluding hydrogens is 380 g/mol. The highest BCUT2D eigenvalue weighted by atomic mass is 16.7. The molecule has 1 aliphatic rings. The number of aliphatic hydroxyl groups is 5. The molecule has 5 N–H and O–H groups in total. The van der Waals surface area contributed by atoms with E-state index in [4.69, 9.17) is 9.47 Å². The van der Waals surface area contributed by atoms with Crippen molar-refractivity contribution in [3.8, 4) is 5.75 Å². The number of hydrogen-bond acceptors (Lipinski definition) is 8. The molecule has 1 heterocycles. The van der Waals surface area contributed by atoms with Crippen molar-refractivity contribution in [3.63, 3.8) is 0 Å². The highest BCUT2D eigenvalue weighted by Gasteiger charge is 2.49. The number of rotatable bonds is 7. The number of carbonyl (C=O) groups excluding carboxylic acids is 1. The maximum absolute atomic E-state index is 12.7. The van der Waals surface area contributed by atoms with Crippen molar-refractivity contribution in [1.82, 2.24) is 0 Å². The number of carbonyl (C=O) groups is 1. The first-order valence-corrected chi connectivity index (χ1v) is 9.23. The van der Waals surface area contributed by atoms with Crippen molar-refractivity contribution in [2.24, 2.45) is 0 Å². The van der Waals surface area contributed by atoms with E-state index in [0.29, 0.717) is 11.1 Å². The molecule has 0 aliphatic carbocycles. The molecule has 6 atom stereocenters. The molecule has 1 aliphatic heterocycles. The highest BCUT2D eigenvalue weighted by Crippen LogP contribution is 2.27. The van der Waals surface area contributed by atoms with E-state index in [1.54, 1.807) is 48.5 Å². The monoisotopic (exact) mass is 404 g/mol. The van der Waals surface area contributed by atoms with Gasteiger partial charge < -0.3 is 35.0 Å². The van der Waals surface area contributed by atoms with Gasteiger partial charge in [0.05, 0.1) is 6.61 Å². The Hall–Kier alpha value is -2.33. The van der Waals surface area contributed by atoms with E-state index in [0.717, 1.165) is 0 Å². The molecule has 2 aromatic rings. The molecule has 3 rings (SSSR count). The van der Waals surface area contributed by atoms with E-state index in [1.807, 2.05) is 0 Å². The van der Waals surface area contributed by atoms with Crippen LogP contribution < -0.4 is 4.74 Å². The van der Waals surface area contributed by atoms with Crippen molar-refractivity contribution < 1.29 is 39.8 Å². The molecule has 0 bridgehead atoms. The van der Waals surface area contributed by atoms with Crippen LogP contribution in [-0.2, 0) is 22.6 Å². The quantitative estimate of drug-likeness (QED) is 0.418. The van der Waals surface area contributed by atoms with E-state index in [9.17, 15) is 30.3 Å². The summed E-state index contributed by atoms with van der Waals surface area (Å²) in [5.74, 6) is -0.644. The third-order valence-electron chi connectivity index (χ3n) is 4.84. The lowest BCUT2D eigenvalue weighted by Crippen LogP contribution is -2.62. The van der Waals surface area contributed by atoms with Crippen LogP contribution in [0.1, 0.15) is 11.1 Å². The summed E-state index contributed by atoms with van der Waals surface area (Å²) in [6.07, 6.45) is -9.68. The summed E-state index contributed by atoms with van der Waals surface area (Å²) in [7, 11) is 0. The predicted octanol–water partition coefficient (Wildman–Crippen LogP) is -0.462. The van der Waals surface area contributed by atoms with Gasteiger partial charge >= 0.3 is 0 Å². The Morgan fingerprint density at radius 2 is 1.62 bits per heavy atom. The summed E-state index contributed by atoms with van der Waals surface area (Å²) in [6, 6.07) is 15.3. The molecule has 156 valence electrons. The van der Waals surface area contributed by atoms with E-state index >= 15 is 0 Å². The van der Waals surface area contributed by atoms with Gasteiger partial charge in [0.15, 0.2) is 11.9 Å². The summed E-state index contributed by atoms with van der Waals surface area (Å²) in [4.78, 5) is 12.7. The Balaban J connectivity index is 1.75. The van der Waals surface area contributed by atoms with E-state index in [2.05, 4.69) is 0 Å². The number of hydrogen-bond donors (Lipinski definition) is 5. The van der Waals surface area contributed by atoms with Crippen LogP contribution >= 0.6 is 0 Å². The number of para-hydroxylation sites is 1. The van der Waals surface area contributed by atoms with Crippen LogP contribution in [0, 0.1) is 0 Å². The molecule has 0 saturated carbocycles. The maximum Gasteiger partial charge on any atom is 0.229 e. The normalized spacial score (nSPS) is 28.0. The first-order valence-electron chi connectivity index (χ1n) is 9.23.